The zero-order valence-electron chi connectivity index (χ0n) is 20.5. The molecule has 9 nitrogen and oxygen atoms in total. The van der Waals surface area contributed by atoms with Crippen LogP contribution in [0.2, 0.25) is 0 Å². The van der Waals surface area contributed by atoms with Gasteiger partial charge < -0.3 is 19.9 Å². The minimum absolute atomic E-state index is 0.149. The van der Waals surface area contributed by atoms with Crippen LogP contribution in [0.5, 0.6) is 0 Å². The van der Waals surface area contributed by atoms with E-state index in [1.165, 1.54) is 6.20 Å². The number of carbonyl (C=O) groups excluding carboxylic acids is 2. The minimum atomic E-state index is -1.22. The van der Waals surface area contributed by atoms with Gasteiger partial charge in [0, 0.05) is 6.20 Å². The molecule has 3 N–H and O–H groups in total. The molecule has 0 aliphatic heterocycles. The van der Waals surface area contributed by atoms with E-state index in [4.69, 9.17) is 14.6 Å². The monoisotopic (exact) mass is 471 g/mol. The standard InChI is InChI=1S/C25H33N3O6/c1-16(2)13-25(6,28-23(32)34-24(3,4)5)15-33-20-8-7-17(11-19(20)14-29)18-9-10-26-21(12-18)27-22(30)31/h7-12,16,20H,13,15H2,1-6H3,(H,26,27)(H,28,32)(H,30,31). The summed E-state index contributed by atoms with van der Waals surface area (Å²) in [6.45, 7) is 11.5. The molecule has 1 heterocycles. The number of nitrogens with zero attached hydrogens (tertiary/aromatic N) is 1. The zero-order chi connectivity index (χ0) is 25.5. The first kappa shape index (κ1) is 26.8. The van der Waals surface area contributed by atoms with Crippen molar-refractivity contribution in [3.05, 3.63) is 47.7 Å². The molecule has 2 amide bonds. The summed E-state index contributed by atoms with van der Waals surface area (Å²) in [4.78, 5) is 38.9. The number of allylic oxidation sites excluding steroid dienone is 2. The van der Waals surface area contributed by atoms with Crippen molar-refractivity contribution in [1.82, 2.24) is 10.3 Å². The molecular formula is C25H33N3O6. The second kappa shape index (κ2) is 11.1. The number of pyridine rings is 1. The van der Waals surface area contributed by atoms with Gasteiger partial charge in [0.1, 0.15) is 23.5 Å². The summed E-state index contributed by atoms with van der Waals surface area (Å²) < 4.78 is 11.4. The van der Waals surface area contributed by atoms with Crippen LogP contribution in [-0.2, 0) is 14.3 Å². The van der Waals surface area contributed by atoms with E-state index >= 15 is 0 Å². The van der Waals surface area contributed by atoms with Crippen molar-refractivity contribution in [3.63, 3.8) is 0 Å². The third-order valence-electron chi connectivity index (χ3n) is 4.76. The third kappa shape index (κ3) is 8.50. The molecule has 184 valence electrons. The predicted octanol–water partition coefficient (Wildman–Crippen LogP) is 4.60. The zero-order valence-corrected chi connectivity index (χ0v) is 20.5. The van der Waals surface area contributed by atoms with E-state index < -0.39 is 29.4 Å². The highest BCUT2D eigenvalue weighted by molar-refractivity contribution is 5.85. The Kier molecular flexibility index (Phi) is 8.79. The summed E-state index contributed by atoms with van der Waals surface area (Å²) in [6, 6.07) is 3.27. The third-order valence-corrected chi connectivity index (χ3v) is 4.76. The highest BCUT2D eigenvalue weighted by Crippen LogP contribution is 2.27. The van der Waals surface area contributed by atoms with E-state index in [0.29, 0.717) is 17.6 Å². The molecule has 9 heteroatoms. The molecule has 0 radical (unpaired) electrons. The van der Waals surface area contributed by atoms with Crippen molar-refractivity contribution < 1.29 is 29.0 Å². The maximum absolute atomic E-state index is 12.4. The maximum atomic E-state index is 12.4. The van der Waals surface area contributed by atoms with Crippen molar-refractivity contribution >= 4 is 29.5 Å². The molecule has 1 aromatic rings. The molecule has 2 atom stereocenters. The highest BCUT2D eigenvalue weighted by Gasteiger charge is 2.32. The van der Waals surface area contributed by atoms with Crippen LogP contribution in [0.25, 0.3) is 5.57 Å². The Morgan fingerprint density at radius 1 is 1.26 bits per heavy atom. The molecule has 0 bridgehead atoms. The number of amides is 2. The molecule has 0 fully saturated rings. The summed E-state index contributed by atoms with van der Waals surface area (Å²) in [7, 11) is 0. The van der Waals surface area contributed by atoms with Gasteiger partial charge in [0.25, 0.3) is 0 Å². The van der Waals surface area contributed by atoms with Gasteiger partial charge in [0.2, 0.25) is 0 Å². The van der Waals surface area contributed by atoms with E-state index in [0.717, 1.165) is 0 Å². The molecule has 1 aliphatic rings. The Morgan fingerprint density at radius 2 is 1.97 bits per heavy atom. The average molecular weight is 472 g/mol. The SMILES string of the molecule is CC(C)CC(C)(COC1C=CC(c2ccnc(NC(=O)O)c2)=CC1=C=O)NC(=O)OC(C)(C)C. The van der Waals surface area contributed by atoms with Gasteiger partial charge in [0.15, 0.2) is 0 Å². The van der Waals surface area contributed by atoms with Crippen LogP contribution < -0.4 is 10.6 Å². The van der Waals surface area contributed by atoms with Crippen molar-refractivity contribution in [1.29, 1.82) is 0 Å². The molecule has 34 heavy (non-hydrogen) atoms. The van der Waals surface area contributed by atoms with Crippen molar-refractivity contribution in [2.24, 2.45) is 5.92 Å². The number of nitrogens with one attached hydrogen (secondary N) is 2. The maximum Gasteiger partial charge on any atom is 0.410 e. The van der Waals surface area contributed by atoms with Gasteiger partial charge in [-0.05, 0) is 69.4 Å². The lowest BCUT2D eigenvalue weighted by molar-refractivity contribution is 0.0218. The molecule has 0 saturated heterocycles. The van der Waals surface area contributed by atoms with Gasteiger partial charge in [-0.3, -0.25) is 5.32 Å². The second-order valence-corrected chi connectivity index (χ2v) is 9.89. The molecule has 2 rings (SSSR count). The predicted molar refractivity (Wildman–Crippen MR) is 129 cm³/mol. The fourth-order valence-electron chi connectivity index (χ4n) is 3.66. The first-order valence-corrected chi connectivity index (χ1v) is 11.0. The summed E-state index contributed by atoms with van der Waals surface area (Å²) in [5.41, 5.74) is 0.303. The molecule has 1 aliphatic carbocycles. The number of hydrogen-bond acceptors (Lipinski definition) is 6. The molecule has 0 saturated carbocycles. The number of alkyl carbamates (subject to hydrolysis) is 1. The molecule has 2 unspecified atom stereocenters. The van der Waals surface area contributed by atoms with Crippen LogP contribution in [0.4, 0.5) is 15.4 Å². The van der Waals surface area contributed by atoms with Crippen LogP contribution in [-0.4, -0.2) is 52.1 Å². The number of carboxylic acid groups (broad SMARTS) is 1. The minimum Gasteiger partial charge on any atom is -0.465 e. The van der Waals surface area contributed by atoms with E-state index in [2.05, 4.69) is 15.6 Å². The lowest BCUT2D eigenvalue weighted by Gasteiger charge is -2.34. The molecule has 0 aromatic carbocycles. The van der Waals surface area contributed by atoms with Crippen LogP contribution in [0.1, 0.15) is 53.5 Å². The lowest BCUT2D eigenvalue weighted by Crippen LogP contribution is -2.52. The second-order valence-electron chi connectivity index (χ2n) is 9.89. The van der Waals surface area contributed by atoms with Crippen molar-refractivity contribution in [3.8, 4) is 0 Å². The fraction of sp³-hybridized carbons (Fsp3) is 0.480. The first-order valence-electron chi connectivity index (χ1n) is 11.0. The number of carbonyl (C=O) groups is 2. The van der Waals surface area contributed by atoms with Gasteiger partial charge in [-0.25, -0.2) is 19.4 Å². The Labute approximate surface area is 199 Å². The largest absolute Gasteiger partial charge is 0.465 e. The normalized spacial score (nSPS) is 17.4. The van der Waals surface area contributed by atoms with Crippen LogP contribution in [0, 0.1) is 5.92 Å². The van der Waals surface area contributed by atoms with Crippen molar-refractivity contribution in [2.75, 3.05) is 11.9 Å². The van der Waals surface area contributed by atoms with Gasteiger partial charge in [-0.2, -0.15) is 0 Å². The quantitative estimate of drug-likeness (QED) is 0.473. The van der Waals surface area contributed by atoms with Gasteiger partial charge in [-0.15, -0.1) is 0 Å². The van der Waals surface area contributed by atoms with E-state index in [-0.39, 0.29) is 23.9 Å². The number of ether oxygens (including phenoxy) is 2. The highest BCUT2D eigenvalue weighted by atomic mass is 16.6. The van der Waals surface area contributed by atoms with Gasteiger partial charge in [0.05, 0.1) is 17.7 Å². The number of hydrogen-bond donors (Lipinski definition) is 3. The lowest BCUT2D eigenvalue weighted by atomic mass is 9.91. The average Bonchev–Trinajstić information content (AvgIpc) is 2.69. The van der Waals surface area contributed by atoms with Crippen molar-refractivity contribution in [2.45, 2.75) is 65.2 Å². The van der Waals surface area contributed by atoms with Crippen LogP contribution in [0.15, 0.2) is 42.1 Å². The smallest absolute Gasteiger partial charge is 0.410 e. The summed E-state index contributed by atoms with van der Waals surface area (Å²) in [6.07, 6.45) is 4.86. The Balaban J connectivity index is 2.14. The Bertz CT molecular complexity index is 1020. The fourth-order valence-corrected chi connectivity index (χ4v) is 3.66. The number of rotatable bonds is 8. The molecule has 0 spiro atoms. The van der Waals surface area contributed by atoms with Crippen LogP contribution in [0.3, 0.4) is 0 Å². The van der Waals surface area contributed by atoms with Gasteiger partial charge >= 0.3 is 12.2 Å². The van der Waals surface area contributed by atoms with E-state index in [1.807, 2.05) is 26.7 Å². The molecule has 1 aromatic heterocycles. The summed E-state index contributed by atoms with van der Waals surface area (Å²) in [5, 5.41) is 14.0. The van der Waals surface area contributed by atoms with E-state index in [1.54, 1.807) is 51.1 Å². The Morgan fingerprint density at radius 3 is 2.56 bits per heavy atom. The topological polar surface area (TPSA) is 127 Å². The van der Waals surface area contributed by atoms with Gasteiger partial charge in [-0.1, -0.05) is 26.0 Å². The molecular weight excluding hydrogens is 438 g/mol. The number of aromatic nitrogens is 1. The van der Waals surface area contributed by atoms with E-state index in [9.17, 15) is 14.4 Å². The Hall–Kier alpha value is -3.42. The summed E-state index contributed by atoms with van der Waals surface area (Å²) in [5.74, 6) is 2.38. The van der Waals surface area contributed by atoms with Crippen LogP contribution >= 0.6 is 0 Å². The number of anilines is 1. The summed E-state index contributed by atoms with van der Waals surface area (Å²) >= 11 is 0. The first-order chi connectivity index (χ1) is 15.8.